The normalized spacial score (nSPS) is 17.0. The summed E-state index contributed by atoms with van der Waals surface area (Å²) in [6.45, 7) is 31.9. The maximum absolute atomic E-state index is 2.65. The van der Waals surface area contributed by atoms with E-state index < -0.39 is 0 Å². The second kappa shape index (κ2) is 18.0. The number of rotatable bonds is 9. The van der Waals surface area contributed by atoms with Gasteiger partial charge in [-0.15, -0.1) is 0 Å². The Morgan fingerprint density at radius 3 is 1.45 bits per heavy atom. The third kappa shape index (κ3) is 8.73. The van der Waals surface area contributed by atoms with Crippen LogP contribution >= 0.6 is 0 Å². The minimum Gasteiger partial charge on any atom is -0.334 e. The molecule has 1 aliphatic heterocycles. The van der Waals surface area contributed by atoms with Gasteiger partial charge in [-0.1, -0.05) is 80.0 Å². The summed E-state index contributed by atoms with van der Waals surface area (Å²) in [4.78, 5) is 7.68. The molecule has 11 rings (SSSR count). The zero-order chi connectivity index (χ0) is 51.4. The summed E-state index contributed by atoms with van der Waals surface area (Å²) in [5, 5.41) is 2.54. The molecule has 3 aliphatic rings. The molecule has 0 amide bonds. The van der Waals surface area contributed by atoms with Gasteiger partial charge in [0.15, 0.2) is 0 Å². The van der Waals surface area contributed by atoms with E-state index in [1.165, 1.54) is 140 Å². The van der Waals surface area contributed by atoms with Crippen LogP contribution in [0.1, 0.15) is 110 Å². The average molecular weight is 957 g/mol. The van der Waals surface area contributed by atoms with Crippen LogP contribution in [0.25, 0.3) is 27.5 Å². The van der Waals surface area contributed by atoms with Crippen molar-refractivity contribution >= 4 is 61.6 Å². The summed E-state index contributed by atoms with van der Waals surface area (Å²) < 4.78 is 2.60. The highest BCUT2D eigenvalue weighted by Crippen LogP contribution is 2.53. The minimum atomic E-state index is -0.385. The van der Waals surface area contributed by atoms with Crippen molar-refractivity contribution < 1.29 is 0 Å². The van der Waals surface area contributed by atoms with Crippen LogP contribution in [-0.2, 0) is 5.41 Å². The number of hydrogen-bond acceptors (Lipinski definition) is 3. The molecule has 368 valence electrons. The maximum Gasteiger partial charge on any atom is 0.0583 e. The first-order valence-corrected chi connectivity index (χ1v) is 26.5. The van der Waals surface area contributed by atoms with Crippen LogP contribution in [0.2, 0.25) is 0 Å². The second-order valence-electron chi connectivity index (χ2n) is 23.1. The summed E-state index contributed by atoms with van der Waals surface area (Å²) in [7, 11) is 0. The quantitative estimate of drug-likeness (QED) is 0.143. The number of aryl methyl sites for hydroxylation is 8. The van der Waals surface area contributed by atoms with E-state index in [9.17, 15) is 0 Å². The van der Waals surface area contributed by atoms with E-state index >= 15 is 0 Å². The highest BCUT2D eigenvalue weighted by Gasteiger charge is 2.38. The van der Waals surface area contributed by atoms with Crippen LogP contribution in [-0.4, -0.2) is 10.6 Å². The van der Waals surface area contributed by atoms with Crippen molar-refractivity contribution in [2.24, 2.45) is 5.92 Å². The molecule has 4 nitrogen and oxygen atoms in total. The van der Waals surface area contributed by atoms with Gasteiger partial charge in [0.1, 0.15) is 0 Å². The van der Waals surface area contributed by atoms with Gasteiger partial charge in [-0.2, -0.15) is 0 Å². The number of hydrogen-bond donors (Lipinski definition) is 0. The van der Waals surface area contributed by atoms with E-state index in [0.717, 1.165) is 18.5 Å². The molecule has 2 unspecified atom stereocenters. The molecular weight excluding hydrogens is 885 g/mol. The highest BCUT2D eigenvalue weighted by atomic mass is 15.2. The van der Waals surface area contributed by atoms with Crippen molar-refractivity contribution in [1.82, 2.24) is 4.57 Å². The van der Waals surface area contributed by atoms with Crippen LogP contribution in [0.15, 0.2) is 168 Å². The third-order valence-electron chi connectivity index (χ3n) is 15.6. The number of fused-ring (bicyclic) bond motifs is 5. The van der Waals surface area contributed by atoms with Crippen molar-refractivity contribution in [3.05, 3.63) is 224 Å². The van der Waals surface area contributed by atoms with Crippen molar-refractivity contribution in [3.63, 3.8) is 0 Å². The average Bonchev–Trinajstić information content (AvgIpc) is 3.60. The third-order valence-corrected chi connectivity index (χ3v) is 15.6. The summed E-state index contributed by atoms with van der Waals surface area (Å²) >= 11 is 0. The molecule has 0 bridgehead atoms. The molecule has 2 heterocycles. The number of aromatic nitrogens is 1. The molecule has 0 saturated heterocycles. The Kier molecular flexibility index (Phi) is 11.8. The van der Waals surface area contributed by atoms with Crippen molar-refractivity contribution in [2.45, 2.75) is 121 Å². The van der Waals surface area contributed by atoms with Crippen LogP contribution in [0.5, 0.6) is 0 Å². The van der Waals surface area contributed by atoms with Gasteiger partial charge in [0, 0.05) is 61.7 Å². The van der Waals surface area contributed by atoms with Gasteiger partial charge in [0.2, 0.25) is 0 Å². The molecule has 4 heteroatoms. The predicted octanol–water partition coefficient (Wildman–Crippen LogP) is 19.2. The van der Waals surface area contributed by atoms with E-state index in [1.54, 1.807) is 0 Å². The molecule has 0 saturated carbocycles. The Bertz CT molecular complexity index is 3580. The molecular formula is C69H72N4. The number of benzene rings is 7. The van der Waals surface area contributed by atoms with E-state index in [2.05, 4.69) is 262 Å². The SMILES string of the molecule is CC1=CC(C)CC(N(c2cc(C)cc(C)c2)c2ccc3c(c2)c2cc(N(c4cc(C)cc(C)c4)C4C=C(C)C=C(C)C4)cc4c2n3-c2ccc(N(c3cc(C)cc(C)c3)c3cc(C)cc(C)c3)cc2C4(C)C)=C1. The van der Waals surface area contributed by atoms with Gasteiger partial charge in [-0.3, -0.25) is 0 Å². The van der Waals surface area contributed by atoms with Crippen LogP contribution in [0.4, 0.5) is 39.8 Å². The molecule has 0 N–H and O–H groups in total. The lowest BCUT2D eigenvalue weighted by molar-refractivity contribution is 0.629. The fourth-order valence-electron chi connectivity index (χ4n) is 13.1. The van der Waals surface area contributed by atoms with Crippen molar-refractivity contribution in [2.75, 3.05) is 14.7 Å². The Morgan fingerprint density at radius 1 is 0.438 bits per heavy atom. The first-order valence-electron chi connectivity index (χ1n) is 26.5. The van der Waals surface area contributed by atoms with E-state index in [1.807, 2.05) is 0 Å². The standard InChI is InChI=1S/C69H72N4/c1-41-19-42(2)26-55(25-41)70(56-27-43(3)20-44(4)28-56)53-15-17-66-62(37-53)63-38-61(72(59-33-49(9)23-50(10)34-59)60-35-51(11)24-52(12)36-60)40-65-68(63)73(66)67-18-16-54(39-64(67)69(65,13)14)71(57-29-45(5)21-46(6)30-57)58-31-47(7)22-48(8)32-58/h15-27,29-35,37-40,44,60H,28,36H2,1-14H3. The first kappa shape index (κ1) is 48.0. The molecule has 7 aromatic carbocycles. The lowest BCUT2D eigenvalue weighted by Gasteiger charge is -2.39. The predicted molar refractivity (Wildman–Crippen MR) is 314 cm³/mol. The first-order chi connectivity index (χ1) is 34.8. The Labute approximate surface area is 435 Å². The van der Waals surface area contributed by atoms with Crippen LogP contribution in [0.3, 0.4) is 0 Å². The molecule has 2 aliphatic carbocycles. The van der Waals surface area contributed by atoms with E-state index in [0.29, 0.717) is 5.92 Å². The molecule has 0 spiro atoms. The number of nitrogens with zero attached hydrogens (tertiary/aromatic N) is 4. The lowest BCUT2D eigenvalue weighted by Crippen LogP contribution is -2.32. The Hall–Kier alpha value is -7.30. The summed E-state index contributed by atoms with van der Waals surface area (Å²) in [5.41, 5.74) is 29.8. The molecule has 2 atom stereocenters. The minimum absolute atomic E-state index is 0.144. The smallest absolute Gasteiger partial charge is 0.0583 e. The van der Waals surface area contributed by atoms with Gasteiger partial charge in [0.05, 0.1) is 22.8 Å². The summed E-state index contributed by atoms with van der Waals surface area (Å²) in [6.07, 6.45) is 11.6. The number of allylic oxidation sites excluding steroid dienone is 6. The van der Waals surface area contributed by atoms with E-state index in [4.69, 9.17) is 0 Å². The van der Waals surface area contributed by atoms with Gasteiger partial charge >= 0.3 is 0 Å². The van der Waals surface area contributed by atoms with Gasteiger partial charge < -0.3 is 19.3 Å². The topological polar surface area (TPSA) is 14.7 Å². The van der Waals surface area contributed by atoms with Gasteiger partial charge in [-0.25, -0.2) is 0 Å². The number of anilines is 7. The van der Waals surface area contributed by atoms with Gasteiger partial charge in [-0.05, 0) is 254 Å². The van der Waals surface area contributed by atoms with Crippen molar-refractivity contribution in [1.29, 1.82) is 0 Å². The highest BCUT2D eigenvalue weighted by molar-refractivity contribution is 6.14. The van der Waals surface area contributed by atoms with E-state index in [-0.39, 0.29) is 11.5 Å². The van der Waals surface area contributed by atoms with Gasteiger partial charge in [0.25, 0.3) is 0 Å². The van der Waals surface area contributed by atoms with Crippen LogP contribution < -0.4 is 14.7 Å². The Balaban J connectivity index is 1.21. The fourth-order valence-corrected chi connectivity index (χ4v) is 13.1. The monoisotopic (exact) mass is 957 g/mol. The molecule has 73 heavy (non-hydrogen) atoms. The largest absolute Gasteiger partial charge is 0.334 e. The molecule has 1 aromatic heterocycles. The summed E-state index contributed by atoms with van der Waals surface area (Å²) in [5.74, 6) is 0.440. The van der Waals surface area contributed by atoms with Crippen LogP contribution in [0, 0.1) is 61.3 Å². The van der Waals surface area contributed by atoms with Crippen molar-refractivity contribution in [3.8, 4) is 5.69 Å². The zero-order valence-corrected chi connectivity index (χ0v) is 45.7. The summed E-state index contributed by atoms with van der Waals surface area (Å²) in [6, 6.07) is 47.8. The molecule has 8 aromatic rings. The molecule has 0 fully saturated rings. The second-order valence-corrected chi connectivity index (χ2v) is 23.1. The molecule has 0 radical (unpaired) electrons. The maximum atomic E-state index is 2.65. The Morgan fingerprint density at radius 2 is 0.904 bits per heavy atom. The lowest BCUT2D eigenvalue weighted by atomic mass is 9.74. The zero-order valence-electron chi connectivity index (χ0n) is 45.7. The fraction of sp³-hybridized carbons (Fsp3) is 0.275.